The van der Waals surface area contributed by atoms with E-state index in [1.165, 1.54) is 4.90 Å². The SMILES string of the molecule is [2H]C(c1ccccc1OCCCCCC(=O)O)N(C(=O)c1ccc(C23CCC(C(F)(F)F)(CC2)CC3)cc1)C(C)C. The molecular weight excluding hydrogens is 519 g/mol. The number of carboxylic acids is 1. The number of unbranched alkanes of at least 4 members (excludes halogenated alkanes) is 2. The Bertz CT molecular complexity index is 1190. The van der Waals surface area contributed by atoms with Crippen molar-refractivity contribution in [2.24, 2.45) is 5.41 Å². The first-order valence-corrected chi connectivity index (χ1v) is 14.2. The number of fused-ring (bicyclic) bond motifs is 3. The Hall–Kier alpha value is -3.03. The van der Waals surface area contributed by atoms with E-state index in [9.17, 15) is 22.8 Å². The molecule has 0 saturated heterocycles. The first-order valence-electron chi connectivity index (χ1n) is 14.8. The maximum absolute atomic E-state index is 13.7. The van der Waals surface area contributed by atoms with Crippen LogP contribution in [0.2, 0.25) is 0 Å². The van der Waals surface area contributed by atoms with Crippen molar-refractivity contribution < 1.29 is 34.0 Å². The van der Waals surface area contributed by atoms with Crippen LogP contribution < -0.4 is 4.74 Å². The van der Waals surface area contributed by atoms with Gasteiger partial charge in [-0.15, -0.1) is 0 Å². The van der Waals surface area contributed by atoms with Gasteiger partial charge in [-0.2, -0.15) is 13.2 Å². The van der Waals surface area contributed by atoms with Crippen LogP contribution in [0.15, 0.2) is 48.5 Å². The largest absolute Gasteiger partial charge is 0.493 e. The molecule has 0 spiro atoms. The summed E-state index contributed by atoms with van der Waals surface area (Å²) in [6.07, 6.45) is -0.0848. The zero-order chi connectivity index (χ0) is 29.8. The zero-order valence-electron chi connectivity index (χ0n) is 24.3. The van der Waals surface area contributed by atoms with Gasteiger partial charge < -0.3 is 14.7 Å². The number of aliphatic carboxylic acids is 1. The van der Waals surface area contributed by atoms with Gasteiger partial charge in [-0.1, -0.05) is 30.3 Å². The van der Waals surface area contributed by atoms with E-state index in [-0.39, 0.29) is 43.0 Å². The fourth-order valence-corrected chi connectivity index (χ4v) is 6.21. The van der Waals surface area contributed by atoms with Crippen LogP contribution in [0.4, 0.5) is 13.2 Å². The van der Waals surface area contributed by atoms with Crippen LogP contribution >= 0.6 is 0 Å². The fraction of sp³-hybridized carbons (Fsp3) is 0.562. The van der Waals surface area contributed by atoms with Crippen molar-refractivity contribution in [3.05, 3.63) is 65.2 Å². The molecule has 5 nitrogen and oxygen atoms in total. The molecule has 8 heteroatoms. The van der Waals surface area contributed by atoms with E-state index >= 15 is 0 Å². The summed E-state index contributed by atoms with van der Waals surface area (Å²) >= 11 is 0. The minimum absolute atomic E-state index is 0.123. The predicted molar refractivity (Wildman–Crippen MR) is 147 cm³/mol. The van der Waals surface area contributed by atoms with Crippen molar-refractivity contribution in [1.29, 1.82) is 0 Å². The highest BCUT2D eigenvalue weighted by molar-refractivity contribution is 5.94. The maximum atomic E-state index is 13.7. The second-order valence-electron chi connectivity index (χ2n) is 11.7. The maximum Gasteiger partial charge on any atom is 0.394 e. The summed E-state index contributed by atoms with van der Waals surface area (Å²) in [5, 5.41) is 8.78. The van der Waals surface area contributed by atoms with Crippen molar-refractivity contribution in [3.8, 4) is 5.75 Å². The molecule has 3 aliphatic rings. The van der Waals surface area contributed by atoms with Gasteiger partial charge in [0, 0.05) is 30.1 Å². The summed E-state index contributed by atoms with van der Waals surface area (Å²) in [5.41, 5.74) is 0.183. The summed E-state index contributed by atoms with van der Waals surface area (Å²) in [4.78, 5) is 25.9. The van der Waals surface area contributed by atoms with Crippen molar-refractivity contribution >= 4 is 11.9 Å². The first-order chi connectivity index (χ1) is 19.4. The molecule has 40 heavy (non-hydrogen) atoms. The molecule has 0 aliphatic heterocycles. The zero-order valence-corrected chi connectivity index (χ0v) is 23.3. The summed E-state index contributed by atoms with van der Waals surface area (Å²) < 4.78 is 56.0. The number of alkyl halides is 3. The van der Waals surface area contributed by atoms with Crippen molar-refractivity contribution in [2.75, 3.05) is 6.61 Å². The smallest absolute Gasteiger partial charge is 0.394 e. The van der Waals surface area contributed by atoms with E-state index in [0.29, 0.717) is 55.6 Å². The van der Waals surface area contributed by atoms with Gasteiger partial charge in [-0.3, -0.25) is 9.59 Å². The van der Waals surface area contributed by atoms with Gasteiger partial charge in [0.15, 0.2) is 0 Å². The van der Waals surface area contributed by atoms with Crippen molar-refractivity contribution in [1.82, 2.24) is 4.90 Å². The fourth-order valence-electron chi connectivity index (χ4n) is 6.21. The third-order valence-corrected chi connectivity index (χ3v) is 8.87. The number of rotatable bonds is 12. The molecule has 3 fully saturated rings. The van der Waals surface area contributed by atoms with Gasteiger partial charge in [-0.05, 0) is 101 Å². The summed E-state index contributed by atoms with van der Waals surface area (Å²) in [6, 6.07) is 14.1. The number of hydrogen-bond donors (Lipinski definition) is 1. The monoisotopic (exact) mass is 560 g/mol. The lowest BCUT2D eigenvalue weighted by Gasteiger charge is -2.54. The summed E-state index contributed by atoms with van der Waals surface area (Å²) in [7, 11) is 0. The molecule has 1 atom stereocenters. The molecule has 0 heterocycles. The average molecular weight is 561 g/mol. The van der Waals surface area contributed by atoms with Crippen LogP contribution in [0.1, 0.15) is 101 Å². The predicted octanol–water partition coefficient (Wildman–Crippen LogP) is 7.92. The molecule has 2 bridgehead atoms. The molecule has 3 aliphatic carbocycles. The van der Waals surface area contributed by atoms with Gasteiger partial charge in [0.1, 0.15) is 5.75 Å². The molecule has 1 unspecified atom stereocenters. The Labute approximate surface area is 236 Å². The second kappa shape index (κ2) is 12.2. The van der Waals surface area contributed by atoms with Crippen LogP contribution in [0, 0.1) is 5.41 Å². The standard InChI is InChI=1S/C32H40F3NO4/c1-23(2)36(22-25-8-5-6-9-27(25)40-21-7-3-4-10-28(37)38)29(39)24-11-13-26(14-12-24)30-15-18-31(19-16-30,20-17-30)32(33,34)35/h5-6,8-9,11-14,23H,3-4,7,10,15-22H2,1-2H3,(H,37,38)/i22D. The Kier molecular flexibility index (Phi) is 8.71. The Morgan fingerprint density at radius 1 is 0.975 bits per heavy atom. The molecule has 1 N–H and O–H groups in total. The van der Waals surface area contributed by atoms with Gasteiger partial charge in [0.25, 0.3) is 5.91 Å². The summed E-state index contributed by atoms with van der Waals surface area (Å²) in [6.45, 7) is 3.08. The average Bonchev–Trinajstić information content (AvgIpc) is 2.95. The topological polar surface area (TPSA) is 66.8 Å². The molecule has 0 radical (unpaired) electrons. The molecule has 1 amide bonds. The minimum atomic E-state index is -4.16. The van der Waals surface area contributed by atoms with Gasteiger partial charge in [0.05, 0.1) is 13.4 Å². The highest BCUT2D eigenvalue weighted by Gasteiger charge is 2.61. The molecule has 2 aromatic rings. The van der Waals surface area contributed by atoms with Crippen LogP contribution in [0.25, 0.3) is 0 Å². The van der Waals surface area contributed by atoms with E-state index in [4.69, 9.17) is 11.2 Å². The Morgan fingerprint density at radius 3 is 2.17 bits per heavy atom. The Balaban J connectivity index is 1.44. The number of hydrogen-bond acceptors (Lipinski definition) is 3. The third kappa shape index (κ3) is 6.47. The van der Waals surface area contributed by atoms with Gasteiger partial charge in [0.2, 0.25) is 0 Å². The number of ether oxygens (including phenoxy) is 1. The van der Waals surface area contributed by atoms with Crippen molar-refractivity contribution in [2.45, 2.75) is 102 Å². The number of carbonyl (C=O) groups is 2. The normalized spacial score (nSPS) is 23.5. The number of amides is 1. The van der Waals surface area contributed by atoms with E-state index in [0.717, 1.165) is 12.0 Å². The lowest BCUT2D eigenvalue weighted by Crippen LogP contribution is -2.51. The molecule has 0 aromatic heterocycles. The number of carbonyl (C=O) groups excluding carboxylic acids is 1. The second-order valence-corrected chi connectivity index (χ2v) is 11.7. The van der Waals surface area contributed by atoms with Crippen LogP contribution in [0.5, 0.6) is 5.75 Å². The molecular formula is C32H40F3NO4. The molecule has 2 aromatic carbocycles. The van der Waals surface area contributed by atoms with E-state index in [2.05, 4.69) is 0 Å². The number of carboxylic acid groups (broad SMARTS) is 1. The van der Waals surface area contributed by atoms with E-state index in [1.807, 2.05) is 32.0 Å². The highest BCUT2D eigenvalue weighted by atomic mass is 19.4. The number of benzene rings is 2. The number of para-hydroxylation sites is 1. The molecule has 5 rings (SSSR count). The third-order valence-electron chi connectivity index (χ3n) is 8.87. The lowest BCUT2D eigenvalue weighted by molar-refractivity contribution is -0.253. The number of nitrogens with zero attached hydrogens (tertiary/aromatic N) is 1. The van der Waals surface area contributed by atoms with Gasteiger partial charge >= 0.3 is 12.1 Å². The summed E-state index contributed by atoms with van der Waals surface area (Å²) in [5.74, 6) is -0.597. The molecule has 218 valence electrons. The number of halogens is 3. The highest BCUT2D eigenvalue weighted by Crippen LogP contribution is 2.63. The quantitative estimate of drug-likeness (QED) is 0.268. The minimum Gasteiger partial charge on any atom is -0.493 e. The van der Waals surface area contributed by atoms with E-state index < -0.39 is 24.1 Å². The first kappa shape index (κ1) is 28.5. The van der Waals surface area contributed by atoms with Crippen LogP contribution in [-0.2, 0) is 16.7 Å². The van der Waals surface area contributed by atoms with Crippen molar-refractivity contribution in [3.63, 3.8) is 0 Å². The Morgan fingerprint density at radius 2 is 1.60 bits per heavy atom. The van der Waals surface area contributed by atoms with Crippen LogP contribution in [-0.4, -0.2) is 40.7 Å². The molecule has 3 saturated carbocycles. The van der Waals surface area contributed by atoms with Gasteiger partial charge in [-0.25, -0.2) is 0 Å². The lowest BCUT2D eigenvalue weighted by atomic mass is 9.51. The van der Waals surface area contributed by atoms with Crippen LogP contribution in [0.3, 0.4) is 0 Å². The van der Waals surface area contributed by atoms with E-state index in [1.54, 1.807) is 30.3 Å².